The van der Waals surface area contributed by atoms with Crippen molar-refractivity contribution in [3.8, 4) is 5.88 Å². The van der Waals surface area contributed by atoms with Gasteiger partial charge in [-0.25, -0.2) is 4.98 Å². The van der Waals surface area contributed by atoms with Crippen molar-refractivity contribution >= 4 is 23.4 Å². The van der Waals surface area contributed by atoms with E-state index in [-0.39, 0.29) is 12.0 Å². The normalized spacial score (nSPS) is 19.5. The van der Waals surface area contributed by atoms with E-state index in [1.165, 1.54) is 12.3 Å². The molecule has 25 heavy (non-hydrogen) atoms. The van der Waals surface area contributed by atoms with Crippen LogP contribution in [-0.4, -0.2) is 35.4 Å². The number of hydrogen-bond acceptors (Lipinski definition) is 6. The minimum absolute atomic E-state index is 0.0506. The number of anilines is 1. The zero-order chi connectivity index (χ0) is 17.2. The van der Waals surface area contributed by atoms with E-state index in [4.69, 9.17) is 25.6 Å². The summed E-state index contributed by atoms with van der Waals surface area (Å²) in [7, 11) is 0. The molecule has 8 heteroatoms. The van der Waals surface area contributed by atoms with E-state index < -0.39 is 0 Å². The van der Waals surface area contributed by atoms with Gasteiger partial charge < -0.3 is 14.0 Å². The fraction of sp³-hybridized carbons (Fsp3) is 0.471. The second-order valence-electron chi connectivity index (χ2n) is 6.21. The van der Waals surface area contributed by atoms with E-state index in [1.807, 2.05) is 0 Å². The molecule has 4 rings (SSSR count). The lowest BCUT2D eigenvalue weighted by Crippen LogP contribution is -2.17. The second kappa shape index (κ2) is 7.01. The first-order chi connectivity index (χ1) is 12.2. The Bertz CT molecular complexity index is 786. The molecule has 0 radical (unpaired) electrons. The molecule has 0 aromatic carbocycles. The number of ether oxygens (including phenoxy) is 2. The van der Waals surface area contributed by atoms with Gasteiger partial charge in [0.25, 0.3) is 5.91 Å². The molecular weight excluding hydrogens is 346 g/mol. The largest absolute Gasteiger partial charge is 0.471 e. The summed E-state index contributed by atoms with van der Waals surface area (Å²) in [6, 6.07) is 1.54. The van der Waals surface area contributed by atoms with Crippen molar-refractivity contribution in [3.63, 3.8) is 0 Å². The minimum atomic E-state index is -0.338. The van der Waals surface area contributed by atoms with Gasteiger partial charge in [0.15, 0.2) is 0 Å². The lowest BCUT2D eigenvalue weighted by molar-refractivity contribution is 0.102. The third-order valence-electron chi connectivity index (χ3n) is 4.42. The van der Waals surface area contributed by atoms with E-state index >= 15 is 0 Å². The number of aromatic nitrogens is 2. The Morgan fingerprint density at radius 1 is 1.36 bits per heavy atom. The monoisotopic (exact) mass is 363 g/mol. The molecule has 0 bridgehead atoms. The van der Waals surface area contributed by atoms with Crippen LogP contribution in [-0.2, 0) is 17.6 Å². The summed E-state index contributed by atoms with van der Waals surface area (Å²) in [5.74, 6) is 0.389. The van der Waals surface area contributed by atoms with Crippen LogP contribution in [0.3, 0.4) is 0 Å². The zero-order valence-electron chi connectivity index (χ0n) is 13.6. The molecule has 7 nitrogen and oxygen atoms in total. The second-order valence-corrected chi connectivity index (χ2v) is 6.62. The molecule has 1 amide bonds. The average molecular weight is 364 g/mol. The molecule has 2 aliphatic rings. The van der Waals surface area contributed by atoms with Crippen LogP contribution in [0.2, 0.25) is 5.02 Å². The number of pyridine rings is 1. The van der Waals surface area contributed by atoms with E-state index in [0.717, 1.165) is 43.4 Å². The summed E-state index contributed by atoms with van der Waals surface area (Å²) in [5, 5.41) is 7.08. The van der Waals surface area contributed by atoms with Crippen molar-refractivity contribution in [3.05, 3.63) is 34.1 Å². The first-order valence-electron chi connectivity index (χ1n) is 8.39. The van der Waals surface area contributed by atoms with Crippen molar-refractivity contribution in [2.75, 3.05) is 18.5 Å². The molecule has 132 valence electrons. The zero-order valence-corrected chi connectivity index (χ0v) is 14.3. The summed E-state index contributed by atoms with van der Waals surface area (Å²) >= 11 is 6.21. The average Bonchev–Trinajstić information content (AvgIpc) is 3.27. The van der Waals surface area contributed by atoms with Gasteiger partial charge in [0.1, 0.15) is 11.1 Å². The van der Waals surface area contributed by atoms with Gasteiger partial charge in [-0.2, -0.15) is 0 Å². The van der Waals surface area contributed by atoms with Crippen LogP contribution < -0.4 is 10.1 Å². The van der Waals surface area contributed by atoms with Crippen LogP contribution in [0.1, 0.15) is 40.9 Å². The van der Waals surface area contributed by atoms with Crippen molar-refractivity contribution in [2.45, 2.75) is 38.2 Å². The van der Waals surface area contributed by atoms with Gasteiger partial charge >= 0.3 is 0 Å². The van der Waals surface area contributed by atoms with Crippen LogP contribution in [0.15, 0.2) is 16.8 Å². The molecule has 1 fully saturated rings. The number of aryl methyl sites for hydroxylation is 1. The third-order valence-corrected chi connectivity index (χ3v) is 4.69. The minimum Gasteiger partial charge on any atom is -0.471 e. The summed E-state index contributed by atoms with van der Waals surface area (Å²) in [6.45, 7) is 1.20. The van der Waals surface area contributed by atoms with Gasteiger partial charge in [0.05, 0.1) is 24.5 Å². The predicted molar refractivity (Wildman–Crippen MR) is 90.2 cm³/mol. The Morgan fingerprint density at radius 2 is 2.24 bits per heavy atom. The molecule has 1 atom stereocenters. The van der Waals surface area contributed by atoms with Crippen molar-refractivity contribution < 1.29 is 18.8 Å². The Kier molecular flexibility index (Phi) is 4.59. The fourth-order valence-electron chi connectivity index (χ4n) is 3.06. The number of hydrogen-bond donors (Lipinski definition) is 1. The number of fused-ring (bicyclic) bond motifs is 1. The van der Waals surface area contributed by atoms with Gasteiger partial charge in [-0.15, -0.1) is 0 Å². The van der Waals surface area contributed by atoms with Crippen molar-refractivity contribution in [1.29, 1.82) is 0 Å². The smallest absolute Gasteiger partial charge is 0.259 e. The maximum atomic E-state index is 12.4. The van der Waals surface area contributed by atoms with Crippen molar-refractivity contribution in [2.24, 2.45) is 0 Å². The standard InChI is InChI=1S/C17H18ClN3O4/c18-13-7-10(8-19-17(13)24-11-5-6-23-9-11)15(22)20-16-12-3-1-2-4-14(12)21-25-16/h7-8,11H,1-6,9H2,(H,20,22). The molecule has 3 heterocycles. The molecule has 1 saturated heterocycles. The predicted octanol–water partition coefficient (Wildman–Crippen LogP) is 3.02. The van der Waals surface area contributed by atoms with Gasteiger partial charge in [0, 0.05) is 18.2 Å². The summed E-state index contributed by atoms with van der Waals surface area (Å²) in [4.78, 5) is 16.6. The number of nitrogens with one attached hydrogen (secondary N) is 1. The number of rotatable bonds is 4. The quantitative estimate of drug-likeness (QED) is 0.898. The molecule has 1 aliphatic carbocycles. The first-order valence-corrected chi connectivity index (χ1v) is 8.77. The highest BCUT2D eigenvalue weighted by atomic mass is 35.5. The van der Waals surface area contributed by atoms with E-state index in [2.05, 4.69) is 15.5 Å². The van der Waals surface area contributed by atoms with Gasteiger partial charge in [-0.05, 0) is 31.7 Å². The SMILES string of the molecule is O=C(Nc1onc2c1CCCC2)c1cnc(OC2CCOC2)c(Cl)c1. The van der Waals surface area contributed by atoms with Crippen LogP contribution in [0.5, 0.6) is 5.88 Å². The summed E-state index contributed by atoms with van der Waals surface area (Å²) in [6.07, 6.45) is 6.11. The Morgan fingerprint density at radius 3 is 3.04 bits per heavy atom. The molecule has 1 unspecified atom stereocenters. The highest BCUT2D eigenvalue weighted by Gasteiger charge is 2.23. The van der Waals surface area contributed by atoms with E-state index in [0.29, 0.717) is 35.6 Å². The molecule has 1 N–H and O–H groups in total. The maximum Gasteiger partial charge on any atom is 0.259 e. The number of amides is 1. The third kappa shape index (κ3) is 3.48. The van der Waals surface area contributed by atoms with Crippen LogP contribution in [0.25, 0.3) is 0 Å². The maximum absolute atomic E-state index is 12.4. The molecular formula is C17H18ClN3O4. The fourth-order valence-corrected chi connectivity index (χ4v) is 3.27. The van der Waals surface area contributed by atoms with E-state index in [1.54, 1.807) is 0 Å². The van der Waals surface area contributed by atoms with Gasteiger partial charge in [-0.3, -0.25) is 10.1 Å². The number of halogens is 1. The summed E-state index contributed by atoms with van der Waals surface area (Å²) < 4.78 is 16.2. The molecule has 2 aromatic heterocycles. The Hall–Kier alpha value is -2.12. The summed E-state index contributed by atoms with van der Waals surface area (Å²) in [5.41, 5.74) is 2.25. The van der Waals surface area contributed by atoms with Crippen LogP contribution in [0, 0.1) is 0 Å². The number of carbonyl (C=O) groups excluding carboxylic acids is 1. The molecule has 1 aliphatic heterocycles. The highest BCUT2D eigenvalue weighted by Crippen LogP contribution is 2.29. The molecule has 0 spiro atoms. The first kappa shape index (κ1) is 16.4. The highest BCUT2D eigenvalue weighted by molar-refractivity contribution is 6.32. The number of nitrogens with zero attached hydrogens (tertiary/aromatic N) is 2. The van der Waals surface area contributed by atoms with E-state index in [9.17, 15) is 4.79 Å². The van der Waals surface area contributed by atoms with Gasteiger partial charge in [0.2, 0.25) is 11.8 Å². The number of carbonyl (C=O) groups is 1. The molecule has 0 saturated carbocycles. The topological polar surface area (TPSA) is 86.5 Å². The Balaban J connectivity index is 1.46. The van der Waals surface area contributed by atoms with Gasteiger partial charge in [-0.1, -0.05) is 16.8 Å². The van der Waals surface area contributed by atoms with Crippen LogP contribution >= 0.6 is 11.6 Å². The Labute approximate surface area is 149 Å². The lowest BCUT2D eigenvalue weighted by atomic mass is 9.98. The van der Waals surface area contributed by atoms with Crippen LogP contribution in [0.4, 0.5) is 5.88 Å². The lowest BCUT2D eigenvalue weighted by Gasteiger charge is -2.13. The van der Waals surface area contributed by atoms with Crippen molar-refractivity contribution in [1.82, 2.24) is 10.1 Å². The molecule has 2 aromatic rings.